The highest BCUT2D eigenvalue weighted by Crippen LogP contribution is 2.13. The van der Waals surface area contributed by atoms with Crippen LogP contribution in [0.2, 0.25) is 0 Å². The van der Waals surface area contributed by atoms with Crippen LogP contribution in [0, 0.1) is 5.41 Å². The Morgan fingerprint density at radius 3 is 1.82 bits per heavy atom. The maximum atomic E-state index is 11.9. The quantitative estimate of drug-likeness (QED) is 0.793. The Kier molecular flexibility index (Phi) is 5.17. The predicted octanol–water partition coefficient (Wildman–Crippen LogP) is 1.84. The van der Waals surface area contributed by atoms with Crippen LogP contribution in [0.4, 0.5) is 0 Å². The lowest BCUT2D eigenvalue weighted by molar-refractivity contribution is -0.134. The Bertz CT molecular complexity index is 285. The van der Waals surface area contributed by atoms with Crippen LogP contribution >= 0.6 is 0 Å². The van der Waals surface area contributed by atoms with Crippen LogP contribution in [-0.4, -0.2) is 23.4 Å². The second-order valence-corrected chi connectivity index (χ2v) is 6.42. The lowest BCUT2D eigenvalue weighted by Crippen LogP contribution is -2.53. The Morgan fingerprint density at radius 2 is 1.53 bits per heavy atom. The third-order valence-electron chi connectivity index (χ3n) is 2.21. The molecule has 2 amide bonds. The molecule has 0 fully saturated rings. The third kappa shape index (κ3) is 6.29. The Morgan fingerprint density at radius 1 is 1.06 bits per heavy atom. The number of carbonyl (C=O) groups excluding carboxylic acids is 2. The topological polar surface area (TPSA) is 58.2 Å². The molecule has 0 aromatic carbocycles. The van der Waals surface area contributed by atoms with E-state index in [9.17, 15) is 9.59 Å². The van der Waals surface area contributed by atoms with Crippen molar-refractivity contribution in [2.75, 3.05) is 0 Å². The normalized spacial score (nSPS) is 14.1. The average Bonchev–Trinajstić information content (AvgIpc) is 2.08. The molecule has 0 heterocycles. The van der Waals surface area contributed by atoms with Crippen LogP contribution in [0.3, 0.4) is 0 Å². The molecule has 0 aliphatic carbocycles. The Hall–Kier alpha value is -1.06. The van der Waals surface area contributed by atoms with Gasteiger partial charge < -0.3 is 10.6 Å². The molecule has 0 aromatic heterocycles. The van der Waals surface area contributed by atoms with E-state index in [0.717, 1.165) is 0 Å². The summed E-state index contributed by atoms with van der Waals surface area (Å²) in [7, 11) is 0. The highest BCUT2D eigenvalue weighted by molar-refractivity contribution is 5.89. The molecular formula is C13H26N2O2. The van der Waals surface area contributed by atoms with Crippen molar-refractivity contribution in [1.29, 1.82) is 0 Å². The van der Waals surface area contributed by atoms with Crippen LogP contribution in [0.1, 0.15) is 54.9 Å². The van der Waals surface area contributed by atoms with Crippen molar-refractivity contribution in [3.63, 3.8) is 0 Å². The summed E-state index contributed by atoms with van der Waals surface area (Å²) in [4.78, 5) is 23.7. The van der Waals surface area contributed by atoms with E-state index in [1.165, 1.54) is 0 Å². The minimum Gasteiger partial charge on any atom is -0.350 e. The van der Waals surface area contributed by atoms with E-state index in [0.29, 0.717) is 6.42 Å². The van der Waals surface area contributed by atoms with E-state index in [4.69, 9.17) is 0 Å². The maximum Gasteiger partial charge on any atom is 0.242 e. The van der Waals surface area contributed by atoms with Crippen molar-refractivity contribution in [3.8, 4) is 0 Å². The van der Waals surface area contributed by atoms with Gasteiger partial charge >= 0.3 is 0 Å². The molecule has 1 unspecified atom stereocenters. The Labute approximate surface area is 105 Å². The van der Waals surface area contributed by atoms with Crippen molar-refractivity contribution >= 4 is 11.8 Å². The highest BCUT2D eigenvalue weighted by Gasteiger charge is 2.27. The van der Waals surface area contributed by atoms with E-state index >= 15 is 0 Å². The van der Waals surface area contributed by atoms with Crippen molar-refractivity contribution in [2.45, 2.75) is 66.5 Å². The van der Waals surface area contributed by atoms with Gasteiger partial charge in [-0.25, -0.2) is 0 Å². The molecule has 4 heteroatoms. The van der Waals surface area contributed by atoms with E-state index in [1.54, 1.807) is 0 Å². The molecule has 0 radical (unpaired) electrons. The lowest BCUT2D eigenvalue weighted by atomic mass is 9.95. The maximum absolute atomic E-state index is 11.9. The zero-order valence-electron chi connectivity index (χ0n) is 12.1. The first-order valence-electron chi connectivity index (χ1n) is 6.10. The summed E-state index contributed by atoms with van der Waals surface area (Å²) in [6.07, 6.45) is 0.587. The number of rotatable bonds is 3. The monoisotopic (exact) mass is 242 g/mol. The fourth-order valence-electron chi connectivity index (χ4n) is 1.18. The molecule has 0 saturated heterocycles. The molecule has 4 nitrogen and oxygen atoms in total. The molecule has 0 rings (SSSR count). The van der Waals surface area contributed by atoms with Gasteiger partial charge in [-0.05, 0) is 27.2 Å². The van der Waals surface area contributed by atoms with Gasteiger partial charge in [-0.2, -0.15) is 0 Å². The van der Waals surface area contributed by atoms with Crippen LogP contribution < -0.4 is 10.6 Å². The molecule has 0 aliphatic heterocycles. The summed E-state index contributed by atoms with van der Waals surface area (Å²) in [5, 5.41) is 5.65. The van der Waals surface area contributed by atoms with Crippen LogP contribution in [0.5, 0.6) is 0 Å². The lowest BCUT2D eigenvalue weighted by Gasteiger charge is -2.27. The van der Waals surface area contributed by atoms with E-state index in [2.05, 4.69) is 10.6 Å². The van der Waals surface area contributed by atoms with E-state index in [-0.39, 0.29) is 17.4 Å². The van der Waals surface area contributed by atoms with Gasteiger partial charge in [0.2, 0.25) is 11.8 Å². The molecular weight excluding hydrogens is 216 g/mol. The second kappa shape index (κ2) is 5.52. The summed E-state index contributed by atoms with van der Waals surface area (Å²) in [6.45, 7) is 13.1. The molecule has 0 spiro atoms. The van der Waals surface area contributed by atoms with Gasteiger partial charge in [0.05, 0.1) is 0 Å². The SMILES string of the molecule is CCC(NC(=O)C(C)(C)C)C(=O)NC(C)(C)C. The van der Waals surface area contributed by atoms with Crippen LogP contribution in [0.15, 0.2) is 0 Å². The summed E-state index contributed by atoms with van der Waals surface area (Å²) in [6, 6.07) is -0.457. The highest BCUT2D eigenvalue weighted by atomic mass is 16.2. The summed E-state index contributed by atoms with van der Waals surface area (Å²) < 4.78 is 0. The fraction of sp³-hybridized carbons (Fsp3) is 0.846. The molecule has 0 bridgehead atoms. The van der Waals surface area contributed by atoms with Gasteiger partial charge in [-0.15, -0.1) is 0 Å². The van der Waals surface area contributed by atoms with Crippen molar-refractivity contribution in [1.82, 2.24) is 10.6 Å². The minimum absolute atomic E-state index is 0.103. The minimum atomic E-state index is -0.477. The van der Waals surface area contributed by atoms with Gasteiger partial charge in [-0.3, -0.25) is 9.59 Å². The Balaban J connectivity index is 4.55. The smallest absolute Gasteiger partial charge is 0.242 e. The third-order valence-corrected chi connectivity index (χ3v) is 2.21. The van der Waals surface area contributed by atoms with Crippen molar-refractivity contribution in [3.05, 3.63) is 0 Å². The number of hydrogen-bond acceptors (Lipinski definition) is 2. The summed E-state index contributed by atoms with van der Waals surface area (Å²) in [5.74, 6) is -0.231. The van der Waals surface area contributed by atoms with Gasteiger partial charge in [0.15, 0.2) is 0 Å². The largest absolute Gasteiger partial charge is 0.350 e. The van der Waals surface area contributed by atoms with E-state index in [1.807, 2.05) is 48.5 Å². The van der Waals surface area contributed by atoms with Crippen LogP contribution in [0.25, 0.3) is 0 Å². The molecule has 100 valence electrons. The first kappa shape index (κ1) is 15.9. The fourth-order valence-corrected chi connectivity index (χ4v) is 1.18. The second-order valence-electron chi connectivity index (χ2n) is 6.42. The molecule has 0 saturated carbocycles. The van der Waals surface area contributed by atoms with Crippen molar-refractivity contribution in [2.24, 2.45) is 5.41 Å². The number of carbonyl (C=O) groups is 2. The average molecular weight is 242 g/mol. The molecule has 2 N–H and O–H groups in total. The zero-order valence-corrected chi connectivity index (χ0v) is 12.1. The standard InChI is InChI=1S/C13H26N2O2/c1-8-9(10(16)15-13(5,6)7)14-11(17)12(2,3)4/h9H,8H2,1-7H3,(H,14,17)(H,15,16). The number of amides is 2. The van der Waals surface area contributed by atoms with Crippen molar-refractivity contribution < 1.29 is 9.59 Å². The molecule has 1 atom stereocenters. The molecule has 0 aromatic rings. The van der Waals surface area contributed by atoms with E-state index < -0.39 is 11.5 Å². The number of nitrogens with one attached hydrogen (secondary N) is 2. The first-order chi connectivity index (χ1) is 7.47. The zero-order chi connectivity index (χ0) is 13.9. The van der Waals surface area contributed by atoms with Gasteiger partial charge in [-0.1, -0.05) is 27.7 Å². The van der Waals surface area contributed by atoms with Crippen LogP contribution in [-0.2, 0) is 9.59 Å². The molecule has 17 heavy (non-hydrogen) atoms. The summed E-state index contributed by atoms with van der Waals surface area (Å²) >= 11 is 0. The van der Waals surface area contributed by atoms with Gasteiger partial charge in [0, 0.05) is 11.0 Å². The van der Waals surface area contributed by atoms with Gasteiger partial charge in [0.1, 0.15) is 6.04 Å². The first-order valence-corrected chi connectivity index (χ1v) is 6.10. The summed E-state index contributed by atoms with van der Waals surface area (Å²) in [5.41, 5.74) is -0.758. The molecule has 0 aliphatic rings. The predicted molar refractivity (Wildman–Crippen MR) is 69.6 cm³/mol. The van der Waals surface area contributed by atoms with Gasteiger partial charge in [0.25, 0.3) is 0 Å². The number of hydrogen-bond donors (Lipinski definition) is 2.